The lowest BCUT2D eigenvalue weighted by atomic mass is 10.1. The highest BCUT2D eigenvalue weighted by atomic mass is 127. The van der Waals surface area contributed by atoms with E-state index in [1.165, 1.54) is 10.9 Å². The summed E-state index contributed by atoms with van der Waals surface area (Å²) in [6.45, 7) is 3.30. The van der Waals surface area contributed by atoms with Crippen LogP contribution in [0.5, 0.6) is 11.5 Å². The van der Waals surface area contributed by atoms with E-state index in [9.17, 15) is 0 Å². The third-order valence-electron chi connectivity index (χ3n) is 4.31. The Kier molecular flexibility index (Phi) is 8.43. The first-order valence-electron chi connectivity index (χ1n) is 9.08. The molecule has 7 heteroatoms. The zero-order valence-corrected chi connectivity index (χ0v) is 18.7. The van der Waals surface area contributed by atoms with E-state index in [4.69, 9.17) is 9.47 Å². The molecule has 0 fully saturated rings. The number of para-hydroxylation sites is 1. The van der Waals surface area contributed by atoms with E-state index in [1.54, 1.807) is 14.2 Å². The van der Waals surface area contributed by atoms with Crippen LogP contribution in [-0.4, -0.2) is 38.3 Å². The maximum atomic E-state index is 5.63. The van der Waals surface area contributed by atoms with Gasteiger partial charge in [-0.25, -0.2) is 0 Å². The SMILES string of the molecule is CCOc1cc(NC(=NC)NCCc2c[nH]c3ccccc23)ccc1OC.I. The molecule has 0 aliphatic heterocycles. The van der Waals surface area contributed by atoms with Crippen molar-refractivity contribution in [2.75, 3.05) is 32.6 Å². The molecule has 0 radical (unpaired) electrons. The van der Waals surface area contributed by atoms with Crippen LogP contribution in [0.2, 0.25) is 0 Å². The number of anilines is 1. The Morgan fingerprint density at radius 1 is 1.14 bits per heavy atom. The summed E-state index contributed by atoms with van der Waals surface area (Å²) >= 11 is 0. The molecule has 0 bridgehead atoms. The zero-order valence-electron chi connectivity index (χ0n) is 16.4. The molecule has 6 nitrogen and oxygen atoms in total. The van der Waals surface area contributed by atoms with Gasteiger partial charge in [0.1, 0.15) is 0 Å². The molecule has 3 N–H and O–H groups in total. The van der Waals surface area contributed by atoms with Crippen molar-refractivity contribution in [3.8, 4) is 11.5 Å². The van der Waals surface area contributed by atoms with Gasteiger partial charge in [-0.3, -0.25) is 4.99 Å². The van der Waals surface area contributed by atoms with Gasteiger partial charge in [-0.2, -0.15) is 0 Å². The molecule has 0 spiro atoms. The van der Waals surface area contributed by atoms with Gasteiger partial charge in [-0.15, -0.1) is 24.0 Å². The number of benzene rings is 2. The fraction of sp³-hybridized carbons (Fsp3) is 0.286. The zero-order chi connectivity index (χ0) is 19.1. The maximum Gasteiger partial charge on any atom is 0.195 e. The summed E-state index contributed by atoms with van der Waals surface area (Å²) in [7, 11) is 3.39. The number of guanidine groups is 1. The smallest absolute Gasteiger partial charge is 0.195 e. The number of H-pyrrole nitrogens is 1. The lowest BCUT2D eigenvalue weighted by Gasteiger charge is -2.14. The summed E-state index contributed by atoms with van der Waals surface area (Å²) in [6, 6.07) is 14.1. The summed E-state index contributed by atoms with van der Waals surface area (Å²) in [6.07, 6.45) is 2.97. The van der Waals surface area contributed by atoms with Crippen LogP contribution >= 0.6 is 24.0 Å². The largest absolute Gasteiger partial charge is 0.493 e. The van der Waals surface area contributed by atoms with Crippen LogP contribution in [-0.2, 0) is 6.42 Å². The van der Waals surface area contributed by atoms with Crippen LogP contribution < -0.4 is 20.1 Å². The van der Waals surface area contributed by atoms with Crippen LogP contribution in [0, 0.1) is 0 Å². The first-order valence-corrected chi connectivity index (χ1v) is 9.08. The Morgan fingerprint density at radius 2 is 1.96 bits per heavy atom. The third kappa shape index (κ3) is 5.31. The lowest BCUT2D eigenvalue weighted by molar-refractivity contribution is 0.311. The molecule has 2 aromatic carbocycles. The second-order valence-corrected chi connectivity index (χ2v) is 6.03. The van der Waals surface area contributed by atoms with Gasteiger partial charge in [0.25, 0.3) is 0 Å². The topological polar surface area (TPSA) is 70.7 Å². The highest BCUT2D eigenvalue weighted by Crippen LogP contribution is 2.30. The number of fused-ring (bicyclic) bond motifs is 1. The van der Waals surface area contributed by atoms with E-state index in [-0.39, 0.29) is 24.0 Å². The Morgan fingerprint density at radius 3 is 2.71 bits per heavy atom. The predicted octanol–water partition coefficient (Wildman–Crippen LogP) is 4.42. The quantitative estimate of drug-likeness (QED) is 0.258. The van der Waals surface area contributed by atoms with Crippen molar-refractivity contribution in [1.82, 2.24) is 10.3 Å². The van der Waals surface area contributed by atoms with E-state index < -0.39 is 0 Å². The van der Waals surface area contributed by atoms with E-state index in [1.807, 2.05) is 31.2 Å². The summed E-state index contributed by atoms with van der Waals surface area (Å²) in [5, 5.41) is 7.91. The van der Waals surface area contributed by atoms with Crippen molar-refractivity contribution in [3.63, 3.8) is 0 Å². The molecule has 150 valence electrons. The van der Waals surface area contributed by atoms with Crippen molar-refractivity contribution in [3.05, 3.63) is 54.2 Å². The van der Waals surface area contributed by atoms with Crippen molar-refractivity contribution >= 4 is 46.5 Å². The lowest BCUT2D eigenvalue weighted by Crippen LogP contribution is -2.32. The van der Waals surface area contributed by atoms with Crippen molar-refractivity contribution < 1.29 is 9.47 Å². The minimum Gasteiger partial charge on any atom is -0.493 e. The molecule has 1 heterocycles. The predicted molar refractivity (Wildman–Crippen MR) is 127 cm³/mol. The van der Waals surface area contributed by atoms with E-state index in [0.717, 1.165) is 24.2 Å². The maximum absolute atomic E-state index is 5.63. The Hall–Kier alpha value is -2.42. The van der Waals surface area contributed by atoms with E-state index >= 15 is 0 Å². The third-order valence-corrected chi connectivity index (χ3v) is 4.31. The molecule has 0 aliphatic carbocycles. The number of methoxy groups -OCH3 is 1. The second kappa shape index (κ2) is 10.8. The summed E-state index contributed by atoms with van der Waals surface area (Å²) in [5.41, 5.74) is 3.34. The minimum atomic E-state index is 0. The summed E-state index contributed by atoms with van der Waals surface area (Å²) in [4.78, 5) is 7.61. The molecule has 1 aromatic heterocycles. The highest BCUT2D eigenvalue weighted by Gasteiger charge is 2.07. The molecule has 0 saturated heterocycles. The first kappa shape index (κ1) is 21.9. The van der Waals surface area contributed by atoms with Gasteiger partial charge in [-0.1, -0.05) is 18.2 Å². The molecule has 0 amide bonds. The molecule has 0 aliphatic rings. The van der Waals surface area contributed by atoms with Gasteiger partial charge in [0.2, 0.25) is 0 Å². The fourth-order valence-electron chi connectivity index (χ4n) is 2.99. The summed E-state index contributed by atoms with van der Waals surface area (Å²) in [5.74, 6) is 2.13. The standard InChI is InChI=1S/C21H26N4O2.HI/c1-4-27-20-13-16(9-10-19(20)26-3)25-21(22-2)23-12-11-15-14-24-18-8-6-5-7-17(15)18;/h5-10,13-14,24H,4,11-12H2,1-3H3,(H2,22,23,25);1H. The molecule has 0 atom stereocenters. The molecule has 28 heavy (non-hydrogen) atoms. The molecule has 0 unspecified atom stereocenters. The molecular formula is C21H27IN4O2. The number of hydrogen-bond donors (Lipinski definition) is 3. The number of rotatable bonds is 7. The number of nitrogens with zero attached hydrogens (tertiary/aromatic N) is 1. The number of aromatic amines is 1. The van der Waals surface area contributed by atoms with Crippen molar-refractivity contribution in [1.29, 1.82) is 0 Å². The van der Waals surface area contributed by atoms with Crippen LogP contribution in [0.4, 0.5) is 5.69 Å². The van der Waals surface area contributed by atoms with Gasteiger partial charge in [0.05, 0.1) is 13.7 Å². The number of aromatic nitrogens is 1. The average Bonchev–Trinajstić information content (AvgIpc) is 3.11. The van der Waals surface area contributed by atoms with Crippen LogP contribution in [0.1, 0.15) is 12.5 Å². The molecule has 3 aromatic rings. The van der Waals surface area contributed by atoms with Gasteiger partial charge < -0.3 is 25.1 Å². The van der Waals surface area contributed by atoms with Crippen LogP contribution in [0.3, 0.4) is 0 Å². The minimum absolute atomic E-state index is 0. The number of aliphatic imine (C=N–C) groups is 1. The van der Waals surface area contributed by atoms with E-state index in [2.05, 4.69) is 45.0 Å². The fourth-order valence-corrected chi connectivity index (χ4v) is 2.99. The number of halogens is 1. The first-order chi connectivity index (χ1) is 13.2. The van der Waals surface area contributed by atoms with Gasteiger partial charge >= 0.3 is 0 Å². The normalized spacial score (nSPS) is 11.0. The number of nitrogens with one attached hydrogen (secondary N) is 3. The van der Waals surface area contributed by atoms with Gasteiger partial charge in [0.15, 0.2) is 17.5 Å². The Balaban J connectivity index is 0.00000280. The van der Waals surface area contributed by atoms with Crippen molar-refractivity contribution in [2.45, 2.75) is 13.3 Å². The molecular weight excluding hydrogens is 467 g/mol. The molecule has 0 saturated carbocycles. The highest BCUT2D eigenvalue weighted by molar-refractivity contribution is 14.0. The van der Waals surface area contributed by atoms with Gasteiger partial charge in [0, 0.05) is 42.4 Å². The monoisotopic (exact) mass is 494 g/mol. The Labute approximate surface area is 182 Å². The van der Waals surface area contributed by atoms with Gasteiger partial charge in [-0.05, 0) is 37.1 Å². The van der Waals surface area contributed by atoms with Crippen LogP contribution in [0.25, 0.3) is 10.9 Å². The van der Waals surface area contributed by atoms with E-state index in [0.29, 0.717) is 24.1 Å². The van der Waals surface area contributed by atoms with Crippen LogP contribution in [0.15, 0.2) is 53.7 Å². The second-order valence-electron chi connectivity index (χ2n) is 6.03. The number of ether oxygens (including phenoxy) is 2. The Bertz CT molecular complexity index is 924. The number of hydrogen-bond acceptors (Lipinski definition) is 3. The molecule has 3 rings (SSSR count). The van der Waals surface area contributed by atoms with Crippen molar-refractivity contribution in [2.24, 2.45) is 4.99 Å². The average molecular weight is 494 g/mol. The summed E-state index contributed by atoms with van der Waals surface area (Å²) < 4.78 is 10.9.